The van der Waals surface area contributed by atoms with Gasteiger partial charge in [-0.3, -0.25) is 14.6 Å². The number of aromatic nitrogens is 2. The van der Waals surface area contributed by atoms with Gasteiger partial charge in [-0.25, -0.2) is 4.98 Å². The first-order valence-corrected chi connectivity index (χ1v) is 7.77. The van der Waals surface area contributed by atoms with E-state index >= 15 is 0 Å². The van der Waals surface area contributed by atoms with Crippen LogP contribution in [0, 0.1) is 0 Å². The molecule has 21 heavy (non-hydrogen) atoms. The average molecular weight is 315 g/mol. The van der Waals surface area contributed by atoms with Crippen LogP contribution in [0.25, 0.3) is 0 Å². The number of imidazole rings is 1. The van der Waals surface area contributed by atoms with Gasteiger partial charge >= 0.3 is 5.97 Å². The van der Waals surface area contributed by atoms with Crippen LogP contribution in [0.5, 0.6) is 0 Å². The first kappa shape index (κ1) is 16.3. The topological polar surface area (TPSA) is 72.5 Å². The van der Waals surface area contributed by atoms with Crippen LogP contribution < -0.4 is 0 Å². The number of halogens is 1. The highest BCUT2D eigenvalue weighted by molar-refractivity contribution is 6.30. The van der Waals surface area contributed by atoms with Crippen molar-refractivity contribution in [2.45, 2.75) is 38.8 Å². The standard InChI is InChI=1S/C14H23ClN4O2/c1-3-4-5-12-16-10(13(15)17-12)8-19-7-6-18(2)11(9-19)14(20)21/h11H,3-9H2,1-2H3,(H,16,17)(H,20,21)/t11-/m0/s1. The SMILES string of the molecule is CCCCc1nc(Cl)c(CN2CCN(C)[C@H](C(=O)O)C2)[nH]1. The number of aliphatic carboxylic acids is 1. The molecule has 1 saturated heterocycles. The van der Waals surface area contributed by atoms with Crippen LogP contribution in [0.15, 0.2) is 0 Å². The minimum Gasteiger partial charge on any atom is -0.480 e. The quantitative estimate of drug-likeness (QED) is 0.834. The van der Waals surface area contributed by atoms with E-state index in [9.17, 15) is 9.90 Å². The fourth-order valence-electron chi connectivity index (χ4n) is 2.57. The third-order valence-corrected chi connectivity index (χ3v) is 4.26. The number of carboxylic acid groups (broad SMARTS) is 1. The van der Waals surface area contributed by atoms with E-state index in [0.29, 0.717) is 18.2 Å². The molecule has 7 heteroatoms. The van der Waals surface area contributed by atoms with E-state index < -0.39 is 12.0 Å². The lowest BCUT2D eigenvalue weighted by atomic mass is 10.2. The fraction of sp³-hybridized carbons (Fsp3) is 0.714. The molecule has 0 spiro atoms. The highest BCUT2D eigenvalue weighted by Crippen LogP contribution is 2.18. The van der Waals surface area contributed by atoms with Gasteiger partial charge in [0, 0.05) is 32.6 Å². The average Bonchev–Trinajstić information content (AvgIpc) is 2.78. The number of hydrogen-bond acceptors (Lipinski definition) is 4. The van der Waals surface area contributed by atoms with Gasteiger partial charge in [0.15, 0.2) is 5.15 Å². The number of piperazine rings is 1. The minimum atomic E-state index is -0.776. The van der Waals surface area contributed by atoms with Crippen LogP contribution in [-0.2, 0) is 17.8 Å². The summed E-state index contributed by atoms with van der Waals surface area (Å²) in [4.78, 5) is 22.8. The third-order valence-electron chi connectivity index (χ3n) is 3.94. The van der Waals surface area contributed by atoms with E-state index in [2.05, 4.69) is 21.8 Å². The van der Waals surface area contributed by atoms with Crippen molar-refractivity contribution >= 4 is 17.6 Å². The maximum absolute atomic E-state index is 11.2. The zero-order valence-corrected chi connectivity index (χ0v) is 13.4. The Morgan fingerprint density at radius 1 is 1.52 bits per heavy atom. The van der Waals surface area contributed by atoms with E-state index in [0.717, 1.165) is 43.9 Å². The van der Waals surface area contributed by atoms with Gasteiger partial charge in [-0.2, -0.15) is 0 Å². The molecule has 1 atom stereocenters. The van der Waals surface area contributed by atoms with Gasteiger partial charge in [0.2, 0.25) is 0 Å². The summed E-state index contributed by atoms with van der Waals surface area (Å²) in [6, 6.07) is -0.458. The summed E-state index contributed by atoms with van der Waals surface area (Å²) >= 11 is 6.17. The molecule has 0 amide bonds. The van der Waals surface area contributed by atoms with E-state index in [1.165, 1.54) is 0 Å². The lowest BCUT2D eigenvalue weighted by Crippen LogP contribution is -2.54. The second kappa shape index (κ2) is 7.24. The zero-order valence-electron chi connectivity index (χ0n) is 12.6. The zero-order chi connectivity index (χ0) is 15.4. The molecule has 2 heterocycles. The predicted octanol–water partition coefficient (Wildman–Crippen LogP) is 1.61. The lowest BCUT2D eigenvalue weighted by molar-refractivity contribution is -0.145. The number of carboxylic acids is 1. The first-order chi connectivity index (χ1) is 10.0. The highest BCUT2D eigenvalue weighted by Gasteiger charge is 2.30. The van der Waals surface area contributed by atoms with E-state index in [-0.39, 0.29) is 0 Å². The molecular formula is C14H23ClN4O2. The van der Waals surface area contributed by atoms with E-state index in [1.54, 1.807) is 0 Å². The predicted molar refractivity (Wildman–Crippen MR) is 81.5 cm³/mol. The van der Waals surface area contributed by atoms with Crippen molar-refractivity contribution in [1.82, 2.24) is 19.8 Å². The van der Waals surface area contributed by atoms with Crippen molar-refractivity contribution < 1.29 is 9.90 Å². The summed E-state index contributed by atoms with van der Waals surface area (Å²) in [5, 5.41) is 9.74. The van der Waals surface area contributed by atoms with Gasteiger partial charge in [0.25, 0.3) is 0 Å². The van der Waals surface area contributed by atoms with Gasteiger partial charge in [0.1, 0.15) is 11.9 Å². The van der Waals surface area contributed by atoms with Gasteiger partial charge < -0.3 is 10.1 Å². The summed E-state index contributed by atoms with van der Waals surface area (Å²) in [5.41, 5.74) is 0.886. The molecule has 0 radical (unpaired) electrons. The third kappa shape index (κ3) is 4.18. The summed E-state index contributed by atoms with van der Waals surface area (Å²) in [6.07, 6.45) is 3.10. The van der Waals surface area contributed by atoms with Crippen molar-refractivity contribution in [2.24, 2.45) is 0 Å². The van der Waals surface area contributed by atoms with Crippen LogP contribution in [0.3, 0.4) is 0 Å². The largest absolute Gasteiger partial charge is 0.480 e. The van der Waals surface area contributed by atoms with Gasteiger partial charge in [-0.05, 0) is 13.5 Å². The smallest absolute Gasteiger partial charge is 0.322 e. The number of unbranched alkanes of at least 4 members (excludes halogenated alkanes) is 1. The fourth-order valence-corrected chi connectivity index (χ4v) is 2.78. The molecule has 1 aliphatic heterocycles. The number of carbonyl (C=O) groups is 1. The van der Waals surface area contributed by atoms with Crippen molar-refractivity contribution in [3.8, 4) is 0 Å². The van der Waals surface area contributed by atoms with Gasteiger partial charge in [-0.1, -0.05) is 24.9 Å². The molecule has 1 aliphatic rings. The number of hydrogen-bond donors (Lipinski definition) is 2. The number of rotatable bonds is 6. The van der Waals surface area contributed by atoms with Crippen molar-refractivity contribution in [3.05, 3.63) is 16.7 Å². The monoisotopic (exact) mass is 314 g/mol. The number of H-pyrrole nitrogens is 1. The van der Waals surface area contributed by atoms with Crippen LogP contribution in [0.2, 0.25) is 5.15 Å². The number of likely N-dealkylation sites (N-methyl/N-ethyl adjacent to an activating group) is 1. The van der Waals surface area contributed by atoms with Crippen LogP contribution in [-0.4, -0.2) is 63.6 Å². The molecular weight excluding hydrogens is 292 g/mol. The minimum absolute atomic E-state index is 0.458. The maximum atomic E-state index is 11.2. The Labute approximate surface area is 130 Å². The molecule has 2 N–H and O–H groups in total. The van der Waals surface area contributed by atoms with Gasteiger partial charge in [0.05, 0.1) is 5.69 Å². The molecule has 0 saturated carbocycles. The first-order valence-electron chi connectivity index (χ1n) is 7.40. The summed E-state index contributed by atoms with van der Waals surface area (Å²) in [7, 11) is 1.85. The van der Waals surface area contributed by atoms with Crippen molar-refractivity contribution in [1.29, 1.82) is 0 Å². The molecule has 0 unspecified atom stereocenters. The number of aryl methyl sites for hydroxylation is 1. The highest BCUT2D eigenvalue weighted by atomic mass is 35.5. The maximum Gasteiger partial charge on any atom is 0.322 e. The van der Waals surface area contributed by atoms with Crippen molar-refractivity contribution in [3.63, 3.8) is 0 Å². The Hall–Kier alpha value is -1.11. The Morgan fingerprint density at radius 2 is 2.29 bits per heavy atom. The molecule has 6 nitrogen and oxygen atoms in total. The van der Waals surface area contributed by atoms with Crippen LogP contribution in [0.1, 0.15) is 31.3 Å². The number of aromatic amines is 1. The van der Waals surface area contributed by atoms with Crippen LogP contribution in [0.4, 0.5) is 0 Å². The number of nitrogens with zero attached hydrogens (tertiary/aromatic N) is 3. The summed E-state index contributed by atoms with van der Waals surface area (Å²) in [6.45, 7) is 4.84. The van der Waals surface area contributed by atoms with E-state index in [1.807, 2.05) is 11.9 Å². The second-order valence-electron chi connectivity index (χ2n) is 5.63. The number of nitrogens with one attached hydrogen (secondary N) is 1. The van der Waals surface area contributed by atoms with Crippen LogP contribution >= 0.6 is 11.6 Å². The Bertz CT molecular complexity index is 491. The second-order valence-corrected chi connectivity index (χ2v) is 5.98. The Kier molecular flexibility index (Phi) is 5.61. The Balaban J connectivity index is 1.98. The molecule has 0 aromatic carbocycles. The summed E-state index contributed by atoms with van der Waals surface area (Å²) in [5.74, 6) is 0.141. The molecule has 0 bridgehead atoms. The normalized spacial score (nSPS) is 20.8. The molecule has 1 aromatic heterocycles. The summed E-state index contributed by atoms with van der Waals surface area (Å²) < 4.78 is 0. The van der Waals surface area contributed by atoms with E-state index in [4.69, 9.17) is 11.6 Å². The molecule has 2 rings (SSSR count). The molecule has 1 aromatic rings. The molecule has 0 aliphatic carbocycles. The van der Waals surface area contributed by atoms with Gasteiger partial charge in [-0.15, -0.1) is 0 Å². The Morgan fingerprint density at radius 3 is 2.95 bits per heavy atom. The lowest BCUT2D eigenvalue weighted by Gasteiger charge is -2.36. The molecule has 1 fully saturated rings. The molecule has 118 valence electrons. The van der Waals surface area contributed by atoms with Crippen molar-refractivity contribution in [2.75, 3.05) is 26.7 Å².